The SMILES string of the molecule is COc1ccc(C2NC(=S)NC3CCCCC32)cc1. The van der Waals surface area contributed by atoms with Gasteiger partial charge in [-0.05, 0) is 42.8 Å². The summed E-state index contributed by atoms with van der Waals surface area (Å²) in [7, 11) is 1.70. The lowest BCUT2D eigenvalue weighted by Crippen LogP contribution is -2.57. The molecule has 102 valence electrons. The number of hydrogen-bond donors (Lipinski definition) is 2. The van der Waals surface area contributed by atoms with Gasteiger partial charge in [-0.1, -0.05) is 25.0 Å². The molecule has 1 aromatic rings. The minimum atomic E-state index is 0.338. The number of methoxy groups -OCH3 is 1. The van der Waals surface area contributed by atoms with Crippen LogP contribution < -0.4 is 15.4 Å². The average molecular weight is 276 g/mol. The van der Waals surface area contributed by atoms with E-state index in [0.29, 0.717) is 18.0 Å². The van der Waals surface area contributed by atoms with E-state index in [4.69, 9.17) is 17.0 Å². The molecule has 0 amide bonds. The highest BCUT2D eigenvalue weighted by Gasteiger charge is 2.37. The Bertz CT molecular complexity index is 460. The van der Waals surface area contributed by atoms with Crippen molar-refractivity contribution in [2.24, 2.45) is 5.92 Å². The molecule has 1 saturated carbocycles. The Morgan fingerprint density at radius 3 is 2.58 bits per heavy atom. The van der Waals surface area contributed by atoms with E-state index in [0.717, 1.165) is 10.9 Å². The Balaban J connectivity index is 1.85. The van der Waals surface area contributed by atoms with E-state index in [1.807, 2.05) is 12.1 Å². The molecular formula is C15H20N2OS. The number of hydrogen-bond acceptors (Lipinski definition) is 2. The second-order valence-electron chi connectivity index (χ2n) is 5.42. The third-order valence-electron chi connectivity index (χ3n) is 4.33. The highest BCUT2D eigenvalue weighted by atomic mass is 32.1. The zero-order chi connectivity index (χ0) is 13.2. The van der Waals surface area contributed by atoms with Crippen molar-refractivity contribution in [3.05, 3.63) is 29.8 Å². The van der Waals surface area contributed by atoms with Gasteiger partial charge in [-0.2, -0.15) is 0 Å². The van der Waals surface area contributed by atoms with Crippen molar-refractivity contribution in [3.63, 3.8) is 0 Å². The molecule has 0 bridgehead atoms. The van der Waals surface area contributed by atoms with E-state index in [-0.39, 0.29) is 0 Å². The average Bonchev–Trinajstić information content (AvgIpc) is 2.46. The van der Waals surface area contributed by atoms with Crippen molar-refractivity contribution < 1.29 is 4.74 Å². The van der Waals surface area contributed by atoms with E-state index < -0.39 is 0 Å². The molecule has 0 aromatic heterocycles. The number of fused-ring (bicyclic) bond motifs is 1. The predicted octanol–water partition coefficient (Wildman–Crippen LogP) is 2.77. The van der Waals surface area contributed by atoms with Crippen molar-refractivity contribution in [3.8, 4) is 5.75 Å². The summed E-state index contributed by atoms with van der Waals surface area (Å²) >= 11 is 5.35. The van der Waals surface area contributed by atoms with Gasteiger partial charge in [0, 0.05) is 12.0 Å². The molecule has 1 aliphatic carbocycles. The summed E-state index contributed by atoms with van der Waals surface area (Å²) in [6.45, 7) is 0. The summed E-state index contributed by atoms with van der Waals surface area (Å²) in [6, 6.07) is 9.23. The maximum Gasteiger partial charge on any atom is 0.167 e. The largest absolute Gasteiger partial charge is 0.497 e. The fraction of sp³-hybridized carbons (Fsp3) is 0.533. The monoisotopic (exact) mass is 276 g/mol. The Labute approximate surface area is 119 Å². The van der Waals surface area contributed by atoms with Crippen molar-refractivity contribution in [1.29, 1.82) is 0 Å². The standard InChI is InChI=1S/C15H20N2OS/c1-18-11-8-6-10(7-9-11)14-12-4-2-3-5-13(12)16-15(19)17-14/h6-9,12-14H,2-5H2,1H3,(H2,16,17,19). The van der Waals surface area contributed by atoms with Gasteiger partial charge in [-0.15, -0.1) is 0 Å². The summed E-state index contributed by atoms with van der Waals surface area (Å²) in [5, 5.41) is 7.68. The van der Waals surface area contributed by atoms with Crippen LogP contribution in [0.25, 0.3) is 0 Å². The molecule has 3 unspecified atom stereocenters. The van der Waals surface area contributed by atoms with Crippen molar-refractivity contribution in [1.82, 2.24) is 10.6 Å². The van der Waals surface area contributed by atoms with Crippen LogP contribution in [0.3, 0.4) is 0 Å². The third kappa shape index (κ3) is 2.54. The van der Waals surface area contributed by atoms with Crippen LogP contribution >= 0.6 is 12.2 Å². The van der Waals surface area contributed by atoms with Crippen LogP contribution in [0.1, 0.15) is 37.3 Å². The quantitative estimate of drug-likeness (QED) is 0.814. The lowest BCUT2D eigenvalue weighted by Gasteiger charge is -2.43. The molecule has 0 radical (unpaired) electrons. The first-order valence-corrected chi connectivity index (χ1v) is 7.40. The normalized spacial score (nSPS) is 29.9. The van der Waals surface area contributed by atoms with E-state index in [1.165, 1.54) is 31.2 Å². The summed E-state index contributed by atoms with van der Waals surface area (Å²) in [6.07, 6.45) is 5.14. The van der Waals surface area contributed by atoms with Crippen LogP contribution in [-0.4, -0.2) is 18.3 Å². The first-order chi connectivity index (χ1) is 9.28. The molecule has 0 spiro atoms. The van der Waals surface area contributed by atoms with Crippen LogP contribution in [0.2, 0.25) is 0 Å². The van der Waals surface area contributed by atoms with Gasteiger partial charge >= 0.3 is 0 Å². The van der Waals surface area contributed by atoms with Gasteiger partial charge in [0.2, 0.25) is 0 Å². The van der Waals surface area contributed by atoms with Crippen LogP contribution in [0.15, 0.2) is 24.3 Å². The second kappa shape index (κ2) is 5.37. The fourth-order valence-electron chi connectivity index (χ4n) is 3.34. The first-order valence-electron chi connectivity index (χ1n) is 6.99. The summed E-state index contributed by atoms with van der Waals surface area (Å²) < 4.78 is 5.23. The Morgan fingerprint density at radius 2 is 1.84 bits per heavy atom. The maximum absolute atomic E-state index is 5.35. The molecular weight excluding hydrogens is 256 g/mol. The van der Waals surface area contributed by atoms with Gasteiger partial charge in [-0.3, -0.25) is 0 Å². The molecule has 2 fully saturated rings. The van der Waals surface area contributed by atoms with Crippen molar-refractivity contribution in [2.75, 3.05) is 7.11 Å². The summed E-state index contributed by atoms with van der Waals surface area (Å²) in [5.74, 6) is 1.54. The van der Waals surface area contributed by atoms with Gasteiger partial charge in [0.25, 0.3) is 0 Å². The fourth-order valence-corrected chi connectivity index (χ4v) is 3.62. The molecule has 2 N–H and O–H groups in total. The predicted molar refractivity (Wildman–Crippen MR) is 80.4 cm³/mol. The molecule has 3 atom stereocenters. The van der Waals surface area contributed by atoms with Crippen molar-refractivity contribution >= 4 is 17.3 Å². The number of benzene rings is 1. The Hall–Kier alpha value is -1.29. The highest BCUT2D eigenvalue weighted by molar-refractivity contribution is 7.80. The smallest absolute Gasteiger partial charge is 0.167 e. The van der Waals surface area contributed by atoms with Gasteiger partial charge in [0.05, 0.1) is 13.2 Å². The summed E-state index contributed by atoms with van der Waals surface area (Å²) in [5.41, 5.74) is 1.31. The second-order valence-corrected chi connectivity index (χ2v) is 5.83. The molecule has 2 aliphatic rings. The van der Waals surface area contributed by atoms with E-state index >= 15 is 0 Å². The molecule has 1 aliphatic heterocycles. The van der Waals surface area contributed by atoms with Crippen LogP contribution in [0.5, 0.6) is 5.75 Å². The lowest BCUT2D eigenvalue weighted by molar-refractivity contribution is 0.215. The number of nitrogens with one attached hydrogen (secondary N) is 2. The Kier molecular flexibility index (Phi) is 3.60. The van der Waals surface area contributed by atoms with Gasteiger partial charge in [0.15, 0.2) is 5.11 Å². The topological polar surface area (TPSA) is 33.3 Å². The number of rotatable bonds is 2. The molecule has 3 rings (SSSR count). The van der Waals surface area contributed by atoms with E-state index in [2.05, 4.69) is 22.8 Å². The molecule has 1 aromatic carbocycles. The third-order valence-corrected chi connectivity index (χ3v) is 4.56. The molecule has 19 heavy (non-hydrogen) atoms. The summed E-state index contributed by atoms with van der Waals surface area (Å²) in [4.78, 5) is 0. The lowest BCUT2D eigenvalue weighted by atomic mass is 9.76. The Morgan fingerprint density at radius 1 is 1.11 bits per heavy atom. The highest BCUT2D eigenvalue weighted by Crippen LogP contribution is 2.37. The van der Waals surface area contributed by atoms with Crippen LogP contribution in [0.4, 0.5) is 0 Å². The molecule has 4 heteroatoms. The van der Waals surface area contributed by atoms with Crippen LogP contribution in [-0.2, 0) is 0 Å². The minimum absolute atomic E-state index is 0.338. The number of thiocarbonyl (C=S) groups is 1. The van der Waals surface area contributed by atoms with Crippen molar-refractivity contribution in [2.45, 2.75) is 37.8 Å². The zero-order valence-corrected chi connectivity index (χ0v) is 12.0. The first kappa shape index (κ1) is 12.7. The molecule has 3 nitrogen and oxygen atoms in total. The van der Waals surface area contributed by atoms with E-state index in [1.54, 1.807) is 7.11 Å². The minimum Gasteiger partial charge on any atom is -0.497 e. The maximum atomic E-state index is 5.35. The molecule has 1 saturated heterocycles. The van der Waals surface area contributed by atoms with Gasteiger partial charge in [0.1, 0.15) is 5.75 Å². The van der Waals surface area contributed by atoms with Gasteiger partial charge in [-0.25, -0.2) is 0 Å². The van der Waals surface area contributed by atoms with E-state index in [9.17, 15) is 0 Å². The van der Waals surface area contributed by atoms with Crippen LogP contribution in [0, 0.1) is 5.92 Å². The van der Waals surface area contributed by atoms with Gasteiger partial charge < -0.3 is 15.4 Å². The zero-order valence-electron chi connectivity index (χ0n) is 11.2. The molecule has 1 heterocycles. The number of ether oxygens (including phenoxy) is 1.